The van der Waals surface area contributed by atoms with Crippen LogP contribution in [0.4, 0.5) is 5.69 Å². The third kappa shape index (κ3) is 2.47. The zero-order chi connectivity index (χ0) is 13.9. The van der Waals surface area contributed by atoms with Gasteiger partial charge in [-0.15, -0.1) is 10.2 Å². The highest BCUT2D eigenvalue weighted by Gasteiger charge is 2.24. The molecular formula is C13H16N6O. The number of piperazine rings is 1. The summed E-state index contributed by atoms with van der Waals surface area (Å²) in [7, 11) is 0. The minimum atomic E-state index is -0.164. The molecule has 104 valence electrons. The van der Waals surface area contributed by atoms with Crippen LogP contribution in [0.5, 0.6) is 0 Å². The smallest absolute Gasteiger partial charge is 0.295 e. The van der Waals surface area contributed by atoms with E-state index in [0.29, 0.717) is 13.1 Å². The van der Waals surface area contributed by atoms with Crippen LogP contribution in [0.3, 0.4) is 0 Å². The van der Waals surface area contributed by atoms with E-state index in [9.17, 15) is 4.79 Å². The highest BCUT2D eigenvalue weighted by atomic mass is 16.2. The predicted molar refractivity (Wildman–Crippen MR) is 73.5 cm³/mol. The highest BCUT2D eigenvalue weighted by Crippen LogP contribution is 2.18. The molecule has 1 saturated heterocycles. The van der Waals surface area contributed by atoms with Gasteiger partial charge in [-0.3, -0.25) is 4.79 Å². The summed E-state index contributed by atoms with van der Waals surface area (Å²) < 4.78 is 0. The Morgan fingerprint density at radius 1 is 1.25 bits per heavy atom. The van der Waals surface area contributed by atoms with Crippen molar-refractivity contribution in [1.82, 2.24) is 25.5 Å². The van der Waals surface area contributed by atoms with Crippen LogP contribution in [0.1, 0.15) is 16.2 Å². The van der Waals surface area contributed by atoms with Crippen molar-refractivity contribution in [3.63, 3.8) is 0 Å². The summed E-state index contributed by atoms with van der Waals surface area (Å²) in [6, 6.07) is 8.40. The van der Waals surface area contributed by atoms with E-state index in [-0.39, 0.29) is 11.7 Å². The maximum atomic E-state index is 12.1. The molecule has 0 unspecified atom stereocenters. The second kappa shape index (κ2) is 5.28. The molecule has 20 heavy (non-hydrogen) atoms. The number of benzene rings is 1. The molecule has 0 radical (unpaired) electrons. The van der Waals surface area contributed by atoms with Crippen molar-refractivity contribution in [3.8, 4) is 0 Å². The number of carbonyl (C=O) groups excluding carboxylic acids is 1. The Morgan fingerprint density at radius 3 is 2.70 bits per heavy atom. The number of anilines is 1. The Balaban J connectivity index is 1.64. The van der Waals surface area contributed by atoms with Crippen LogP contribution in [0.2, 0.25) is 0 Å². The van der Waals surface area contributed by atoms with Gasteiger partial charge in [0.25, 0.3) is 11.7 Å². The molecule has 1 aliphatic heterocycles. The van der Waals surface area contributed by atoms with Gasteiger partial charge in [0.1, 0.15) is 0 Å². The van der Waals surface area contributed by atoms with Gasteiger partial charge < -0.3 is 9.80 Å². The van der Waals surface area contributed by atoms with Gasteiger partial charge in [0.2, 0.25) is 0 Å². The fourth-order valence-electron chi connectivity index (χ4n) is 2.39. The van der Waals surface area contributed by atoms with Crippen LogP contribution >= 0.6 is 0 Å². The first-order chi connectivity index (χ1) is 9.74. The third-order valence-corrected chi connectivity index (χ3v) is 3.47. The van der Waals surface area contributed by atoms with E-state index in [1.54, 1.807) is 4.90 Å². The van der Waals surface area contributed by atoms with Gasteiger partial charge in [0.15, 0.2) is 0 Å². The first-order valence-electron chi connectivity index (χ1n) is 6.58. The molecule has 2 heterocycles. The number of H-pyrrole nitrogens is 1. The summed E-state index contributed by atoms with van der Waals surface area (Å²) in [6.45, 7) is 5.04. The van der Waals surface area contributed by atoms with Crippen molar-refractivity contribution >= 4 is 11.6 Å². The fourth-order valence-corrected chi connectivity index (χ4v) is 2.39. The molecule has 2 aromatic rings. The van der Waals surface area contributed by atoms with E-state index in [0.717, 1.165) is 13.1 Å². The molecule has 0 bridgehead atoms. The number of tetrazole rings is 1. The molecular weight excluding hydrogens is 256 g/mol. The van der Waals surface area contributed by atoms with Gasteiger partial charge in [-0.1, -0.05) is 12.1 Å². The average Bonchev–Trinajstić information content (AvgIpc) is 3.01. The van der Waals surface area contributed by atoms with Crippen molar-refractivity contribution in [2.75, 3.05) is 31.1 Å². The zero-order valence-corrected chi connectivity index (χ0v) is 11.3. The molecule has 7 heteroatoms. The summed E-state index contributed by atoms with van der Waals surface area (Å²) >= 11 is 0. The number of aryl methyl sites for hydroxylation is 1. The Bertz CT molecular complexity index is 589. The molecule has 7 nitrogen and oxygen atoms in total. The average molecular weight is 272 g/mol. The molecule has 0 atom stereocenters. The second-order valence-corrected chi connectivity index (χ2v) is 4.85. The molecule has 0 aliphatic carbocycles. The molecule has 1 amide bonds. The number of aromatic amines is 1. The maximum absolute atomic E-state index is 12.1. The Hall–Kier alpha value is -2.44. The first-order valence-corrected chi connectivity index (χ1v) is 6.58. The number of aromatic nitrogens is 4. The van der Waals surface area contributed by atoms with Crippen LogP contribution in [0, 0.1) is 6.92 Å². The summed E-state index contributed by atoms with van der Waals surface area (Å²) in [5.41, 5.74) is 2.45. The molecule has 0 saturated carbocycles. The second-order valence-electron chi connectivity index (χ2n) is 4.85. The number of nitrogens with zero attached hydrogens (tertiary/aromatic N) is 5. The van der Waals surface area contributed by atoms with Crippen molar-refractivity contribution in [1.29, 1.82) is 0 Å². The number of nitrogens with one attached hydrogen (secondary N) is 1. The number of hydrogen-bond donors (Lipinski definition) is 1. The molecule has 1 N–H and O–H groups in total. The lowest BCUT2D eigenvalue weighted by molar-refractivity contribution is 0.0734. The SMILES string of the molecule is Cc1cccc(N2CCN(C(=O)c3nn[nH]n3)CC2)c1. The van der Waals surface area contributed by atoms with Gasteiger partial charge in [-0.25, -0.2) is 0 Å². The fraction of sp³-hybridized carbons (Fsp3) is 0.385. The Labute approximate surface area is 116 Å². The minimum Gasteiger partial charge on any atom is -0.368 e. The summed E-state index contributed by atoms with van der Waals surface area (Å²) in [4.78, 5) is 16.1. The zero-order valence-electron chi connectivity index (χ0n) is 11.3. The lowest BCUT2D eigenvalue weighted by Crippen LogP contribution is -2.49. The van der Waals surface area contributed by atoms with Gasteiger partial charge >= 0.3 is 0 Å². The molecule has 1 fully saturated rings. The number of rotatable bonds is 2. The van der Waals surface area contributed by atoms with Gasteiger partial charge in [-0.05, 0) is 29.8 Å². The highest BCUT2D eigenvalue weighted by molar-refractivity contribution is 5.90. The number of hydrogen-bond acceptors (Lipinski definition) is 5. The third-order valence-electron chi connectivity index (χ3n) is 3.47. The molecule has 3 rings (SSSR count). The van der Waals surface area contributed by atoms with Crippen LogP contribution in [0.25, 0.3) is 0 Å². The van der Waals surface area contributed by atoms with E-state index in [4.69, 9.17) is 0 Å². The molecule has 1 aromatic heterocycles. The van der Waals surface area contributed by atoms with E-state index >= 15 is 0 Å². The Morgan fingerprint density at radius 2 is 2.05 bits per heavy atom. The lowest BCUT2D eigenvalue weighted by atomic mass is 10.2. The molecule has 0 spiro atoms. The van der Waals surface area contributed by atoms with Crippen molar-refractivity contribution < 1.29 is 4.79 Å². The van der Waals surface area contributed by atoms with E-state index < -0.39 is 0 Å². The van der Waals surface area contributed by atoms with Crippen molar-refractivity contribution in [3.05, 3.63) is 35.7 Å². The van der Waals surface area contributed by atoms with E-state index in [1.165, 1.54) is 11.3 Å². The minimum absolute atomic E-state index is 0.133. The largest absolute Gasteiger partial charge is 0.368 e. The summed E-state index contributed by atoms with van der Waals surface area (Å²) in [5.74, 6) is -0.0309. The van der Waals surface area contributed by atoms with Gasteiger partial charge in [0, 0.05) is 31.9 Å². The number of amides is 1. The van der Waals surface area contributed by atoms with Crippen molar-refractivity contribution in [2.24, 2.45) is 0 Å². The maximum Gasteiger partial charge on any atom is 0.295 e. The number of carbonyl (C=O) groups is 1. The van der Waals surface area contributed by atoms with E-state index in [1.807, 2.05) is 0 Å². The monoisotopic (exact) mass is 272 g/mol. The molecule has 1 aliphatic rings. The predicted octanol–water partition coefficient (Wildman–Crippen LogP) is 0.471. The van der Waals surface area contributed by atoms with Gasteiger partial charge in [0.05, 0.1) is 0 Å². The molecule has 1 aromatic carbocycles. The van der Waals surface area contributed by atoms with E-state index in [2.05, 4.69) is 56.7 Å². The lowest BCUT2D eigenvalue weighted by Gasteiger charge is -2.35. The van der Waals surface area contributed by atoms with Gasteiger partial charge in [-0.2, -0.15) is 5.21 Å². The normalized spacial score (nSPS) is 15.4. The quantitative estimate of drug-likeness (QED) is 0.860. The van der Waals surface area contributed by atoms with Crippen LogP contribution < -0.4 is 4.90 Å². The van der Waals surface area contributed by atoms with Crippen LogP contribution in [0.15, 0.2) is 24.3 Å². The standard InChI is InChI=1S/C13H16N6O/c1-10-3-2-4-11(9-10)18-5-7-19(8-6-18)13(20)12-14-16-17-15-12/h2-4,9H,5-8H2,1H3,(H,14,15,16,17). The van der Waals surface area contributed by atoms with Crippen LogP contribution in [-0.2, 0) is 0 Å². The topological polar surface area (TPSA) is 78.0 Å². The Kier molecular flexibility index (Phi) is 3.32. The van der Waals surface area contributed by atoms with Crippen LogP contribution in [-0.4, -0.2) is 57.6 Å². The summed E-state index contributed by atoms with van der Waals surface area (Å²) in [6.07, 6.45) is 0. The summed E-state index contributed by atoms with van der Waals surface area (Å²) in [5, 5.41) is 13.2. The first kappa shape index (κ1) is 12.6. The van der Waals surface area contributed by atoms with Crippen molar-refractivity contribution in [2.45, 2.75) is 6.92 Å².